The molecule has 1 fully saturated rings. The Bertz CT molecular complexity index is 920. The van der Waals surface area contributed by atoms with Gasteiger partial charge in [0.2, 0.25) is 5.91 Å². The van der Waals surface area contributed by atoms with Crippen molar-refractivity contribution in [1.29, 1.82) is 0 Å². The number of amides is 1. The van der Waals surface area contributed by atoms with E-state index in [2.05, 4.69) is 4.98 Å². The first-order valence-electron chi connectivity index (χ1n) is 8.97. The fourth-order valence-electron chi connectivity index (χ4n) is 3.76. The molecule has 0 bridgehead atoms. The molecule has 142 valence electrons. The number of aliphatic hydroxyl groups is 1. The summed E-state index contributed by atoms with van der Waals surface area (Å²) in [6.07, 6.45) is 6.63. The van der Waals surface area contributed by atoms with Crippen molar-refractivity contribution >= 4 is 17.1 Å². The van der Waals surface area contributed by atoms with Gasteiger partial charge in [-0.15, -0.1) is 0 Å². The summed E-state index contributed by atoms with van der Waals surface area (Å²) in [5.74, 6) is -0.152. The molecule has 0 aliphatic heterocycles. The molecule has 2 heterocycles. The van der Waals surface area contributed by atoms with Gasteiger partial charge >= 0.3 is 5.69 Å². The molecule has 1 amide bonds. The Kier molecular flexibility index (Phi) is 5.26. The molecule has 1 saturated carbocycles. The molecule has 1 aliphatic carbocycles. The number of hydrogen-bond acceptors (Lipinski definition) is 5. The molecule has 0 unspecified atom stereocenters. The maximum Gasteiger partial charge on any atom is 0.332 e. The van der Waals surface area contributed by atoms with Gasteiger partial charge in [-0.1, -0.05) is 19.3 Å². The zero-order valence-electron chi connectivity index (χ0n) is 15.2. The SMILES string of the molecule is Cn1c(=O)c2c(ncn2CC(=O)N(CCO)C2CCCCC2)n(C)c1=O. The molecule has 0 aromatic carbocycles. The molecule has 2 aromatic heterocycles. The van der Waals surface area contributed by atoms with Crippen molar-refractivity contribution in [3.63, 3.8) is 0 Å². The molecule has 2 aromatic rings. The number of aryl methyl sites for hydroxylation is 1. The van der Waals surface area contributed by atoms with Crippen molar-refractivity contribution in [1.82, 2.24) is 23.6 Å². The van der Waals surface area contributed by atoms with Crippen molar-refractivity contribution < 1.29 is 9.90 Å². The highest BCUT2D eigenvalue weighted by molar-refractivity contribution is 5.79. The minimum absolute atomic E-state index is 0.0412. The Labute approximate surface area is 150 Å². The average molecular weight is 363 g/mol. The Morgan fingerprint density at radius 2 is 1.92 bits per heavy atom. The van der Waals surface area contributed by atoms with Gasteiger partial charge in [0, 0.05) is 26.7 Å². The standard InChI is InChI=1S/C17H25N5O4/c1-19-15-14(16(25)20(2)17(19)26)21(11-18-15)10-13(24)22(8-9-23)12-6-4-3-5-7-12/h11-12,23H,3-10H2,1-2H3. The van der Waals surface area contributed by atoms with E-state index in [1.807, 2.05) is 0 Å². The van der Waals surface area contributed by atoms with Gasteiger partial charge in [0.15, 0.2) is 11.2 Å². The van der Waals surface area contributed by atoms with Gasteiger partial charge in [-0.3, -0.25) is 18.7 Å². The molecule has 3 rings (SSSR count). The molecular formula is C17H25N5O4. The topological polar surface area (TPSA) is 102 Å². The predicted octanol–water partition coefficient (Wildman–Crippen LogP) is -0.413. The fraction of sp³-hybridized carbons (Fsp3) is 0.647. The van der Waals surface area contributed by atoms with Crippen LogP contribution in [0, 0.1) is 0 Å². The molecule has 1 aliphatic rings. The van der Waals surface area contributed by atoms with Crippen LogP contribution in [-0.4, -0.2) is 53.8 Å². The number of hydrogen-bond donors (Lipinski definition) is 1. The summed E-state index contributed by atoms with van der Waals surface area (Å²) < 4.78 is 3.80. The van der Waals surface area contributed by atoms with Crippen molar-refractivity contribution in [2.45, 2.75) is 44.7 Å². The first kappa shape index (κ1) is 18.4. The predicted molar refractivity (Wildman–Crippen MR) is 95.9 cm³/mol. The summed E-state index contributed by atoms with van der Waals surface area (Å²) in [5.41, 5.74) is -0.434. The van der Waals surface area contributed by atoms with Crippen molar-refractivity contribution in [3.8, 4) is 0 Å². The van der Waals surface area contributed by atoms with Gasteiger partial charge in [0.25, 0.3) is 5.56 Å². The second-order valence-electron chi connectivity index (χ2n) is 6.85. The summed E-state index contributed by atoms with van der Waals surface area (Å²) >= 11 is 0. The van der Waals surface area contributed by atoms with E-state index in [1.54, 1.807) is 11.9 Å². The molecular weight excluding hydrogens is 338 g/mol. The number of carbonyl (C=O) groups is 1. The molecule has 0 radical (unpaired) electrons. The maximum atomic E-state index is 12.9. The smallest absolute Gasteiger partial charge is 0.332 e. The zero-order valence-corrected chi connectivity index (χ0v) is 15.2. The van der Waals surface area contributed by atoms with Crippen LogP contribution in [-0.2, 0) is 25.4 Å². The normalized spacial score (nSPS) is 15.5. The van der Waals surface area contributed by atoms with Crippen LogP contribution in [0.5, 0.6) is 0 Å². The van der Waals surface area contributed by atoms with Crippen molar-refractivity contribution in [2.24, 2.45) is 14.1 Å². The van der Waals surface area contributed by atoms with E-state index in [4.69, 9.17) is 0 Å². The first-order chi connectivity index (χ1) is 12.5. The minimum atomic E-state index is -0.472. The first-order valence-corrected chi connectivity index (χ1v) is 8.97. The molecule has 1 N–H and O–H groups in total. The Hall–Kier alpha value is -2.42. The molecule has 0 atom stereocenters. The van der Waals surface area contributed by atoms with Gasteiger partial charge < -0.3 is 14.6 Å². The zero-order chi connectivity index (χ0) is 18.8. The van der Waals surface area contributed by atoms with Crippen LogP contribution in [0.2, 0.25) is 0 Å². The number of nitrogens with zero attached hydrogens (tertiary/aromatic N) is 5. The van der Waals surface area contributed by atoms with Crippen LogP contribution >= 0.6 is 0 Å². The van der Waals surface area contributed by atoms with Gasteiger partial charge in [0.05, 0.1) is 12.9 Å². The summed E-state index contributed by atoms with van der Waals surface area (Å²) in [5, 5.41) is 9.36. The molecule has 26 heavy (non-hydrogen) atoms. The van der Waals surface area contributed by atoms with Gasteiger partial charge in [-0.05, 0) is 12.8 Å². The van der Waals surface area contributed by atoms with Crippen LogP contribution in [0.1, 0.15) is 32.1 Å². The summed E-state index contributed by atoms with van der Waals surface area (Å²) in [6, 6.07) is 0.130. The average Bonchev–Trinajstić information content (AvgIpc) is 3.07. The van der Waals surface area contributed by atoms with E-state index in [1.165, 1.54) is 28.9 Å². The molecule has 9 nitrogen and oxygen atoms in total. The number of fused-ring (bicyclic) bond motifs is 1. The Morgan fingerprint density at radius 1 is 1.23 bits per heavy atom. The van der Waals surface area contributed by atoms with Crippen molar-refractivity contribution in [3.05, 3.63) is 27.2 Å². The highest BCUT2D eigenvalue weighted by Crippen LogP contribution is 2.23. The monoisotopic (exact) mass is 363 g/mol. The van der Waals surface area contributed by atoms with Crippen LogP contribution in [0.3, 0.4) is 0 Å². The third-order valence-electron chi connectivity index (χ3n) is 5.20. The lowest BCUT2D eigenvalue weighted by molar-refractivity contribution is -0.135. The van der Waals surface area contributed by atoms with Gasteiger partial charge in [-0.25, -0.2) is 9.78 Å². The van der Waals surface area contributed by atoms with E-state index in [-0.39, 0.29) is 42.8 Å². The van der Waals surface area contributed by atoms with Crippen molar-refractivity contribution in [2.75, 3.05) is 13.2 Å². The molecule has 0 saturated heterocycles. The largest absolute Gasteiger partial charge is 0.395 e. The van der Waals surface area contributed by atoms with Crippen LogP contribution in [0.25, 0.3) is 11.2 Å². The van der Waals surface area contributed by atoms with E-state index in [0.717, 1.165) is 30.3 Å². The minimum Gasteiger partial charge on any atom is -0.395 e. The summed E-state index contributed by atoms with van der Waals surface area (Å²) in [7, 11) is 2.95. The Balaban J connectivity index is 1.93. The number of carbonyl (C=O) groups excluding carboxylic acids is 1. The van der Waals surface area contributed by atoms with E-state index >= 15 is 0 Å². The van der Waals surface area contributed by atoms with E-state index in [0.29, 0.717) is 0 Å². The van der Waals surface area contributed by atoms with Gasteiger partial charge in [0.1, 0.15) is 6.54 Å². The number of aromatic nitrogens is 4. The second-order valence-corrected chi connectivity index (χ2v) is 6.85. The lowest BCUT2D eigenvalue weighted by Gasteiger charge is -2.34. The molecule has 0 spiro atoms. The van der Waals surface area contributed by atoms with Crippen LogP contribution < -0.4 is 11.2 Å². The Morgan fingerprint density at radius 3 is 2.58 bits per heavy atom. The summed E-state index contributed by atoms with van der Waals surface area (Å²) in [4.78, 5) is 43.2. The fourth-order valence-corrected chi connectivity index (χ4v) is 3.76. The van der Waals surface area contributed by atoms with Crippen LogP contribution in [0.4, 0.5) is 0 Å². The van der Waals surface area contributed by atoms with Gasteiger partial charge in [-0.2, -0.15) is 0 Å². The van der Waals surface area contributed by atoms with Crippen LogP contribution in [0.15, 0.2) is 15.9 Å². The van der Waals surface area contributed by atoms with E-state index in [9.17, 15) is 19.5 Å². The van der Waals surface area contributed by atoms with E-state index < -0.39 is 11.2 Å². The lowest BCUT2D eigenvalue weighted by Crippen LogP contribution is -2.45. The quantitative estimate of drug-likeness (QED) is 0.778. The summed E-state index contributed by atoms with van der Waals surface area (Å²) in [6.45, 7) is 0.149. The second kappa shape index (κ2) is 7.45. The maximum absolute atomic E-state index is 12.9. The number of aliphatic hydroxyl groups excluding tert-OH is 1. The third kappa shape index (κ3) is 3.18. The highest BCUT2D eigenvalue weighted by Gasteiger charge is 2.26. The third-order valence-corrected chi connectivity index (χ3v) is 5.20. The lowest BCUT2D eigenvalue weighted by atomic mass is 9.94. The molecule has 9 heteroatoms. The number of rotatable bonds is 5. The number of imidazole rings is 1. The highest BCUT2D eigenvalue weighted by atomic mass is 16.3.